The molecule has 1 saturated heterocycles. The van der Waals surface area contributed by atoms with Gasteiger partial charge in [0.1, 0.15) is 17.2 Å². The number of rotatable bonds is 10. The molecule has 0 bridgehead atoms. The van der Waals surface area contributed by atoms with E-state index in [9.17, 15) is 18.0 Å². The molecule has 0 unspecified atom stereocenters. The van der Waals surface area contributed by atoms with E-state index < -0.39 is 15.8 Å². The van der Waals surface area contributed by atoms with E-state index in [0.717, 1.165) is 6.42 Å². The normalized spacial score (nSPS) is 15.4. The van der Waals surface area contributed by atoms with Gasteiger partial charge >= 0.3 is 0 Å². The predicted molar refractivity (Wildman–Crippen MR) is 105 cm³/mol. The molecule has 1 aromatic heterocycles. The molecule has 2 aromatic rings. The highest BCUT2D eigenvalue weighted by atomic mass is 79.9. The van der Waals surface area contributed by atoms with E-state index in [1.54, 1.807) is 12.1 Å². The highest BCUT2D eigenvalue weighted by Crippen LogP contribution is 2.19. The van der Waals surface area contributed by atoms with Crippen LogP contribution in [0.4, 0.5) is 4.39 Å². The van der Waals surface area contributed by atoms with Gasteiger partial charge in [-0.3, -0.25) is 0 Å². The Morgan fingerprint density at radius 3 is 2.83 bits per heavy atom. The summed E-state index contributed by atoms with van der Waals surface area (Å²) in [6.07, 6.45) is 1.96. The zero-order valence-electron chi connectivity index (χ0n) is 15.4. The van der Waals surface area contributed by atoms with E-state index in [-0.39, 0.29) is 24.7 Å². The fourth-order valence-corrected chi connectivity index (χ4v) is 4.46. The van der Waals surface area contributed by atoms with E-state index in [1.165, 1.54) is 10.4 Å². The van der Waals surface area contributed by atoms with E-state index in [1.807, 2.05) is 0 Å². The largest absolute Gasteiger partial charge is 0.411 e. The van der Waals surface area contributed by atoms with Crippen molar-refractivity contribution in [2.45, 2.75) is 25.7 Å². The molecule has 12 heteroatoms. The van der Waals surface area contributed by atoms with E-state index >= 15 is 0 Å². The monoisotopic (exact) mass is 490 g/mol. The fraction of sp³-hybridized carbons (Fsp3) is 0.471. The summed E-state index contributed by atoms with van der Waals surface area (Å²) in [5.74, 6) is -0.740. The number of benzene rings is 1. The molecule has 0 spiro atoms. The first-order valence-electron chi connectivity index (χ1n) is 8.93. The molecule has 0 atom stereocenters. The number of halogens is 2. The Kier molecular flexibility index (Phi) is 7.33. The van der Waals surface area contributed by atoms with Crippen LogP contribution in [-0.4, -0.2) is 59.6 Å². The zero-order chi connectivity index (χ0) is 20.9. The van der Waals surface area contributed by atoms with Gasteiger partial charge in [0, 0.05) is 26.1 Å². The van der Waals surface area contributed by atoms with E-state index in [0.29, 0.717) is 47.4 Å². The minimum atomic E-state index is -3.34. The second kappa shape index (κ2) is 9.74. The quantitative estimate of drug-likeness (QED) is 0.235. The Bertz CT molecular complexity index is 978. The van der Waals surface area contributed by atoms with Gasteiger partial charge in [0.15, 0.2) is 11.6 Å². The van der Waals surface area contributed by atoms with Crippen LogP contribution in [0.5, 0.6) is 0 Å². The molecule has 0 aliphatic carbocycles. The number of sulfonamides is 1. The Balaban J connectivity index is 1.53. The molecule has 0 radical (unpaired) electrons. The number of hydrogen-bond donors (Lipinski definition) is 1. The van der Waals surface area contributed by atoms with E-state index in [4.69, 9.17) is 9.37 Å². The fourth-order valence-electron chi connectivity index (χ4n) is 2.74. The van der Waals surface area contributed by atoms with Crippen molar-refractivity contribution >= 4 is 31.7 Å². The zero-order valence-corrected chi connectivity index (χ0v) is 17.8. The second-order valence-corrected chi connectivity index (χ2v) is 9.30. The average Bonchev–Trinajstić information content (AvgIpc) is 3.08. The summed E-state index contributed by atoms with van der Waals surface area (Å²) in [6.45, 7) is 1.32. The standard InChI is InChI=1S/C17H20BrFN4O5S/c18-13-9-12(4-5-14(13)19)10-16(20-24)17-15(21-28-22-17)3-1-8-27-11-29(25,26)23-6-2-7-23/h4-5,9,24H,1-3,6-8,10-11H2/b20-16+. The SMILES string of the molecule is O=S(=O)(COCCCc1nonc1/C(Cc1ccc(F)c(Br)c1)=N/O)N1CCC1. The first-order valence-corrected chi connectivity index (χ1v) is 11.3. The van der Waals surface area contributed by atoms with Crippen LogP contribution in [0.3, 0.4) is 0 Å². The molecular weight excluding hydrogens is 471 g/mol. The molecule has 0 saturated carbocycles. The lowest BCUT2D eigenvalue weighted by molar-refractivity contribution is 0.164. The third kappa shape index (κ3) is 5.59. The van der Waals surface area contributed by atoms with Crippen molar-refractivity contribution in [3.05, 3.63) is 45.4 Å². The lowest BCUT2D eigenvalue weighted by Gasteiger charge is -2.29. The van der Waals surface area contributed by atoms with Crippen LogP contribution in [0.15, 0.2) is 32.5 Å². The maximum Gasteiger partial charge on any atom is 0.238 e. The van der Waals surface area contributed by atoms with Crippen LogP contribution >= 0.6 is 15.9 Å². The van der Waals surface area contributed by atoms with Gasteiger partial charge in [-0.05, 0) is 58.0 Å². The Morgan fingerprint density at radius 1 is 1.38 bits per heavy atom. The van der Waals surface area contributed by atoms with Gasteiger partial charge in [-0.15, -0.1) is 0 Å². The maximum atomic E-state index is 13.4. The molecule has 3 rings (SSSR count). The summed E-state index contributed by atoms with van der Waals surface area (Å²) in [6, 6.07) is 4.47. The van der Waals surface area contributed by atoms with Gasteiger partial charge in [0.25, 0.3) is 0 Å². The highest BCUT2D eigenvalue weighted by Gasteiger charge is 2.27. The van der Waals surface area contributed by atoms with Crippen molar-refractivity contribution in [3.8, 4) is 0 Å². The molecule has 1 fully saturated rings. The van der Waals surface area contributed by atoms with Crippen LogP contribution in [0.2, 0.25) is 0 Å². The topological polar surface area (TPSA) is 118 Å². The van der Waals surface area contributed by atoms with Crippen LogP contribution in [0.1, 0.15) is 29.8 Å². The van der Waals surface area contributed by atoms with Gasteiger partial charge in [-0.2, -0.15) is 4.31 Å². The number of oxime groups is 1. The number of ether oxygens (including phenoxy) is 1. The summed E-state index contributed by atoms with van der Waals surface area (Å²) in [4.78, 5) is 0. The van der Waals surface area contributed by atoms with Crippen molar-refractivity contribution in [2.24, 2.45) is 5.16 Å². The number of aryl methyl sites for hydroxylation is 1. The lowest BCUT2D eigenvalue weighted by Crippen LogP contribution is -2.43. The first-order chi connectivity index (χ1) is 13.9. The summed E-state index contributed by atoms with van der Waals surface area (Å²) < 4.78 is 48.9. The maximum absolute atomic E-state index is 13.4. The molecule has 1 N–H and O–H groups in total. The predicted octanol–water partition coefficient (Wildman–Crippen LogP) is 2.33. The van der Waals surface area contributed by atoms with Crippen LogP contribution < -0.4 is 0 Å². The molecule has 1 aliphatic heterocycles. The van der Waals surface area contributed by atoms with Gasteiger partial charge in [0.05, 0.1) is 4.47 Å². The van der Waals surface area contributed by atoms with Crippen molar-refractivity contribution in [3.63, 3.8) is 0 Å². The molecule has 29 heavy (non-hydrogen) atoms. The van der Waals surface area contributed by atoms with Crippen LogP contribution in [-0.2, 0) is 27.6 Å². The third-order valence-corrected chi connectivity index (χ3v) is 6.67. The Morgan fingerprint density at radius 2 is 2.17 bits per heavy atom. The first kappa shape index (κ1) is 21.8. The van der Waals surface area contributed by atoms with Gasteiger partial charge in [-0.25, -0.2) is 17.4 Å². The second-order valence-electron chi connectivity index (χ2n) is 6.53. The molecule has 1 aliphatic rings. The van der Waals surface area contributed by atoms with Crippen molar-refractivity contribution in [2.75, 3.05) is 25.6 Å². The molecule has 0 amide bonds. The molecular formula is C17H20BrFN4O5S. The van der Waals surface area contributed by atoms with Gasteiger partial charge in [0.2, 0.25) is 10.0 Å². The molecule has 1 aromatic carbocycles. The summed E-state index contributed by atoms with van der Waals surface area (Å²) in [5.41, 5.74) is 1.69. The van der Waals surface area contributed by atoms with Crippen LogP contribution in [0.25, 0.3) is 0 Å². The minimum Gasteiger partial charge on any atom is -0.411 e. The lowest BCUT2D eigenvalue weighted by atomic mass is 10.0. The number of nitrogens with zero attached hydrogens (tertiary/aromatic N) is 4. The third-order valence-electron chi connectivity index (χ3n) is 4.45. The molecule has 9 nitrogen and oxygen atoms in total. The van der Waals surface area contributed by atoms with Crippen molar-refractivity contribution in [1.82, 2.24) is 14.6 Å². The average molecular weight is 491 g/mol. The summed E-state index contributed by atoms with van der Waals surface area (Å²) in [5, 5.41) is 20.3. The van der Waals surface area contributed by atoms with Crippen molar-refractivity contribution < 1.29 is 27.4 Å². The smallest absolute Gasteiger partial charge is 0.238 e. The van der Waals surface area contributed by atoms with Gasteiger partial charge < -0.3 is 9.94 Å². The van der Waals surface area contributed by atoms with E-state index in [2.05, 4.69) is 31.4 Å². The summed E-state index contributed by atoms with van der Waals surface area (Å²) in [7, 11) is -3.34. The Hall–Kier alpha value is -1.89. The molecule has 2 heterocycles. The Labute approximate surface area is 175 Å². The van der Waals surface area contributed by atoms with Crippen molar-refractivity contribution in [1.29, 1.82) is 0 Å². The minimum absolute atomic E-state index is 0.196. The summed E-state index contributed by atoms with van der Waals surface area (Å²) >= 11 is 3.12. The van der Waals surface area contributed by atoms with Crippen LogP contribution in [0, 0.1) is 5.82 Å². The van der Waals surface area contributed by atoms with Gasteiger partial charge in [-0.1, -0.05) is 16.4 Å². The number of aromatic nitrogens is 2. The molecule has 158 valence electrons. The highest BCUT2D eigenvalue weighted by molar-refractivity contribution is 9.10. The number of hydrogen-bond acceptors (Lipinski definition) is 8.